The van der Waals surface area contributed by atoms with E-state index < -0.39 is 19.6 Å². The molecule has 0 aliphatic carbocycles. The Labute approximate surface area is 145 Å². The summed E-state index contributed by atoms with van der Waals surface area (Å²) in [6.07, 6.45) is 1.72. The van der Waals surface area contributed by atoms with E-state index in [-0.39, 0.29) is 5.75 Å². The summed E-state index contributed by atoms with van der Waals surface area (Å²) in [6, 6.07) is 0. The molecular weight excluding hydrogens is 338 g/mol. The first kappa shape index (κ1) is 30.8. The molecule has 0 bridgehead atoms. The summed E-state index contributed by atoms with van der Waals surface area (Å²) in [5.74, 6) is -0.132. The third-order valence-corrected chi connectivity index (χ3v) is 4.11. The Bertz CT molecular complexity index is 262. The Kier molecular flexibility index (Phi) is 36.0. The van der Waals surface area contributed by atoms with E-state index in [1.54, 1.807) is 6.92 Å². The van der Waals surface area contributed by atoms with Crippen LogP contribution in [0.4, 0.5) is 0 Å². The molecule has 0 saturated carbocycles. The standard InChI is InChI=1S/C6H16O3Si.C3H8O3S.C3H8.C2H7N/c1-4-7-10(8-5-2)9-6-3;1-2-3-7(4,5)6;2*1-3-2/h10H,4-6H2,1-3H3;2-3H2,1H3,(H,4,5,6);3H2,1-2H3;3H,1-2H3. The third-order valence-electron chi connectivity index (χ3n) is 1.37. The zero-order valence-electron chi connectivity index (χ0n) is 16.2. The molecule has 0 heterocycles. The second kappa shape index (κ2) is 26.8. The van der Waals surface area contributed by atoms with Crippen molar-refractivity contribution in [2.45, 2.75) is 54.4 Å². The fourth-order valence-corrected chi connectivity index (χ4v) is 2.43. The summed E-state index contributed by atoms with van der Waals surface area (Å²) in [7, 11) is -1.66. The summed E-state index contributed by atoms with van der Waals surface area (Å²) in [6.45, 7) is 13.8. The average Bonchev–Trinajstić information content (AvgIpc) is 2.41. The lowest BCUT2D eigenvalue weighted by Gasteiger charge is -2.12. The van der Waals surface area contributed by atoms with Crippen LogP contribution in [0.2, 0.25) is 0 Å². The molecule has 0 aromatic carbocycles. The molecule has 0 aromatic heterocycles. The molecule has 0 atom stereocenters. The minimum atomic E-state index is -3.67. The minimum Gasteiger partial charge on any atom is -0.376 e. The largest absolute Gasteiger partial charge is 0.484 e. The molecule has 23 heavy (non-hydrogen) atoms. The highest BCUT2D eigenvalue weighted by Crippen LogP contribution is 1.91. The van der Waals surface area contributed by atoms with Gasteiger partial charge in [-0.1, -0.05) is 27.2 Å². The van der Waals surface area contributed by atoms with Gasteiger partial charge in [0, 0.05) is 19.8 Å². The highest BCUT2D eigenvalue weighted by atomic mass is 32.2. The van der Waals surface area contributed by atoms with E-state index in [9.17, 15) is 8.42 Å². The van der Waals surface area contributed by atoms with E-state index in [2.05, 4.69) is 19.2 Å². The SMILES string of the molecule is CCC.CCCS(=O)(=O)O.CCO[SiH](OCC)OCC.CNC. The molecule has 0 saturated heterocycles. The van der Waals surface area contributed by atoms with Crippen LogP contribution < -0.4 is 5.32 Å². The van der Waals surface area contributed by atoms with Crippen LogP contribution in [0.5, 0.6) is 0 Å². The fourth-order valence-electron chi connectivity index (χ4n) is 0.811. The summed E-state index contributed by atoms with van der Waals surface area (Å²) in [4.78, 5) is 0. The van der Waals surface area contributed by atoms with Gasteiger partial charge in [-0.2, -0.15) is 8.42 Å². The summed E-state index contributed by atoms with van der Waals surface area (Å²) in [5.41, 5.74) is 0. The molecule has 7 nitrogen and oxygen atoms in total. The summed E-state index contributed by atoms with van der Waals surface area (Å²) >= 11 is 0. The van der Waals surface area contributed by atoms with Gasteiger partial charge in [-0.15, -0.1) is 0 Å². The van der Waals surface area contributed by atoms with Gasteiger partial charge in [0.2, 0.25) is 0 Å². The van der Waals surface area contributed by atoms with Gasteiger partial charge in [-0.3, -0.25) is 4.55 Å². The van der Waals surface area contributed by atoms with Crippen LogP contribution in [0.25, 0.3) is 0 Å². The molecule has 0 rings (SSSR count). The van der Waals surface area contributed by atoms with E-state index in [0.717, 1.165) is 0 Å². The van der Waals surface area contributed by atoms with Gasteiger partial charge in [0.1, 0.15) is 0 Å². The van der Waals surface area contributed by atoms with Crippen LogP contribution >= 0.6 is 0 Å². The molecule has 0 aromatic rings. The smallest absolute Gasteiger partial charge is 0.376 e. The number of hydrogen-bond acceptors (Lipinski definition) is 6. The van der Waals surface area contributed by atoms with Crippen molar-refractivity contribution in [2.75, 3.05) is 39.7 Å². The van der Waals surface area contributed by atoms with E-state index in [4.69, 9.17) is 17.8 Å². The highest BCUT2D eigenvalue weighted by molar-refractivity contribution is 7.85. The summed E-state index contributed by atoms with van der Waals surface area (Å²) < 4.78 is 43.2. The second-order valence-electron chi connectivity index (χ2n) is 4.15. The predicted octanol–water partition coefficient (Wildman–Crippen LogP) is 2.35. The van der Waals surface area contributed by atoms with Crippen molar-refractivity contribution in [3.8, 4) is 0 Å². The molecular formula is C14H39NO6SSi. The Balaban J connectivity index is -0.000000120. The average molecular weight is 378 g/mol. The van der Waals surface area contributed by atoms with Crippen LogP contribution in [0.1, 0.15) is 54.4 Å². The molecule has 0 spiro atoms. The van der Waals surface area contributed by atoms with Gasteiger partial charge in [0.15, 0.2) is 0 Å². The van der Waals surface area contributed by atoms with Gasteiger partial charge in [0.05, 0.1) is 5.75 Å². The van der Waals surface area contributed by atoms with Crippen LogP contribution in [0, 0.1) is 0 Å². The normalized spacial score (nSPS) is 9.83. The van der Waals surface area contributed by atoms with Crippen LogP contribution in [0.3, 0.4) is 0 Å². The van der Waals surface area contributed by atoms with E-state index in [1.165, 1.54) is 6.42 Å². The van der Waals surface area contributed by atoms with Crippen molar-refractivity contribution >= 4 is 19.6 Å². The van der Waals surface area contributed by atoms with Gasteiger partial charge >= 0.3 is 9.53 Å². The first-order valence-corrected chi connectivity index (χ1v) is 11.1. The van der Waals surface area contributed by atoms with E-state index >= 15 is 0 Å². The van der Waals surface area contributed by atoms with Crippen LogP contribution in [0.15, 0.2) is 0 Å². The lowest BCUT2D eigenvalue weighted by Crippen LogP contribution is -2.27. The number of hydrogen-bond donors (Lipinski definition) is 2. The Hall–Kier alpha value is -0.0331. The van der Waals surface area contributed by atoms with Gasteiger partial charge in [-0.25, -0.2) is 0 Å². The Morgan fingerprint density at radius 1 is 0.870 bits per heavy atom. The van der Waals surface area contributed by atoms with Crippen molar-refractivity contribution in [2.24, 2.45) is 0 Å². The lowest BCUT2D eigenvalue weighted by atomic mass is 10.6. The summed E-state index contributed by atoms with van der Waals surface area (Å²) in [5, 5.41) is 2.75. The molecule has 9 heteroatoms. The lowest BCUT2D eigenvalue weighted by molar-refractivity contribution is 0.107. The third kappa shape index (κ3) is 52.1. The first-order chi connectivity index (χ1) is 10.7. The van der Waals surface area contributed by atoms with Crippen LogP contribution in [-0.4, -0.2) is 62.2 Å². The Morgan fingerprint density at radius 3 is 1.22 bits per heavy atom. The van der Waals surface area contributed by atoms with Crippen molar-refractivity contribution in [1.82, 2.24) is 5.32 Å². The molecule has 0 fully saturated rings. The quantitative estimate of drug-likeness (QED) is 0.495. The van der Waals surface area contributed by atoms with Crippen molar-refractivity contribution in [3.05, 3.63) is 0 Å². The van der Waals surface area contributed by atoms with Gasteiger partial charge in [0.25, 0.3) is 10.1 Å². The molecule has 0 radical (unpaired) electrons. The fraction of sp³-hybridized carbons (Fsp3) is 1.00. The number of rotatable bonds is 8. The topological polar surface area (TPSA) is 94.1 Å². The number of nitrogens with one attached hydrogen (secondary N) is 1. The Morgan fingerprint density at radius 2 is 1.13 bits per heavy atom. The molecule has 0 amide bonds. The molecule has 0 aliphatic heterocycles. The molecule has 0 unspecified atom stereocenters. The highest BCUT2D eigenvalue weighted by Gasteiger charge is 2.11. The van der Waals surface area contributed by atoms with Crippen LogP contribution in [-0.2, 0) is 23.4 Å². The molecule has 2 N–H and O–H groups in total. The molecule has 0 aliphatic rings. The monoisotopic (exact) mass is 377 g/mol. The van der Waals surface area contributed by atoms with Crippen molar-refractivity contribution in [3.63, 3.8) is 0 Å². The first-order valence-electron chi connectivity index (χ1n) is 8.12. The maximum absolute atomic E-state index is 9.79. The minimum absolute atomic E-state index is 0.132. The zero-order chi connectivity index (χ0) is 19.1. The van der Waals surface area contributed by atoms with Gasteiger partial charge < -0.3 is 18.6 Å². The zero-order valence-corrected chi connectivity index (χ0v) is 18.2. The molecule has 146 valence electrons. The van der Waals surface area contributed by atoms with E-state index in [0.29, 0.717) is 26.2 Å². The van der Waals surface area contributed by atoms with Crippen molar-refractivity contribution in [1.29, 1.82) is 0 Å². The maximum Gasteiger partial charge on any atom is 0.484 e. The van der Waals surface area contributed by atoms with E-state index in [1.807, 2.05) is 34.9 Å². The predicted molar refractivity (Wildman–Crippen MR) is 99.7 cm³/mol. The maximum atomic E-state index is 9.79. The second-order valence-corrected chi connectivity index (χ2v) is 7.30. The van der Waals surface area contributed by atoms with Crippen molar-refractivity contribution < 1.29 is 26.2 Å². The van der Waals surface area contributed by atoms with Gasteiger partial charge in [-0.05, 0) is 41.3 Å².